The third-order valence-corrected chi connectivity index (χ3v) is 4.16. The molecule has 0 spiro atoms. The predicted molar refractivity (Wildman–Crippen MR) is 97.9 cm³/mol. The van der Waals surface area contributed by atoms with Crippen molar-refractivity contribution in [3.05, 3.63) is 40.5 Å². The number of ether oxygens (including phenoxy) is 1. The van der Waals surface area contributed by atoms with Crippen LogP contribution in [0.5, 0.6) is 0 Å². The van der Waals surface area contributed by atoms with Gasteiger partial charge in [-0.1, -0.05) is 32.3 Å². The van der Waals surface area contributed by atoms with Crippen LogP contribution in [-0.4, -0.2) is 17.8 Å². The summed E-state index contributed by atoms with van der Waals surface area (Å²) in [7, 11) is 0. The molecule has 0 unspecified atom stereocenters. The van der Waals surface area contributed by atoms with Crippen LogP contribution in [0.1, 0.15) is 43.7 Å². The maximum Gasteiger partial charge on any atom is 0.205 e. The molecule has 2 rings (SSSR count). The number of aromatic nitrogens is 1. The smallest absolute Gasteiger partial charge is 0.205 e. The Morgan fingerprint density at radius 3 is 3.00 bits per heavy atom. The second-order valence-corrected chi connectivity index (χ2v) is 6.26. The number of nitrogen functional groups attached to an aromatic ring is 1. The Morgan fingerprint density at radius 2 is 2.25 bits per heavy atom. The molecule has 0 aliphatic carbocycles. The van der Waals surface area contributed by atoms with Crippen LogP contribution >= 0.6 is 11.3 Å². The number of hydrogen-bond donors (Lipinski definition) is 2. The van der Waals surface area contributed by atoms with Crippen LogP contribution < -0.4 is 11.2 Å². The van der Waals surface area contributed by atoms with Crippen molar-refractivity contribution in [2.24, 2.45) is 5.10 Å². The number of nitrogens with zero attached hydrogens (tertiary/aromatic N) is 2. The van der Waals surface area contributed by atoms with Crippen LogP contribution in [0.3, 0.4) is 0 Å². The van der Waals surface area contributed by atoms with Gasteiger partial charge in [-0.2, -0.15) is 5.10 Å². The number of halogens is 1. The van der Waals surface area contributed by atoms with Crippen molar-refractivity contribution in [1.29, 1.82) is 0 Å². The lowest BCUT2D eigenvalue weighted by Crippen LogP contribution is -2.01. The topological polar surface area (TPSA) is 72.5 Å². The van der Waals surface area contributed by atoms with Gasteiger partial charge in [0.1, 0.15) is 11.6 Å². The molecule has 0 aliphatic heterocycles. The van der Waals surface area contributed by atoms with Crippen LogP contribution in [-0.2, 0) is 11.3 Å². The number of rotatable bonds is 10. The van der Waals surface area contributed by atoms with Gasteiger partial charge in [0.15, 0.2) is 0 Å². The molecule has 2 aromatic rings. The van der Waals surface area contributed by atoms with Crippen molar-refractivity contribution in [3.63, 3.8) is 0 Å². The van der Waals surface area contributed by atoms with Gasteiger partial charge in [-0.15, -0.1) is 11.3 Å². The monoisotopic (exact) mass is 350 g/mol. The minimum absolute atomic E-state index is 0.280. The summed E-state index contributed by atoms with van der Waals surface area (Å²) in [4.78, 5) is 4.05. The van der Waals surface area contributed by atoms with Crippen LogP contribution in [0.2, 0.25) is 0 Å². The fourth-order valence-electron chi connectivity index (χ4n) is 2.13. The largest absolute Gasteiger partial charge is 0.383 e. The normalized spacial score (nSPS) is 11.2. The summed E-state index contributed by atoms with van der Waals surface area (Å²) in [5, 5.41) is 6.46. The Bertz CT molecular complexity index is 660. The second-order valence-electron chi connectivity index (χ2n) is 5.40. The molecule has 0 atom stereocenters. The molecule has 1 aromatic heterocycles. The van der Waals surface area contributed by atoms with Gasteiger partial charge >= 0.3 is 0 Å². The number of unbranched alkanes of at least 4 members (excludes halogenated alkanes) is 3. The first-order valence-electron chi connectivity index (χ1n) is 8.05. The first-order valence-corrected chi connectivity index (χ1v) is 8.93. The Hall–Kier alpha value is -1.99. The third kappa shape index (κ3) is 6.25. The van der Waals surface area contributed by atoms with Crippen molar-refractivity contribution in [1.82, 2.24) is 4.98 Å². The summed E-state index contributed by atoms with van der Waals surface area (Å²) in [5.74, 6) is 0.175. The van der Waals surface area contributed by atoms with Crippen molar-refractivity contribution < 1.29 is 9.13 Å². The number of hydrazone groups is 1. The minimum Gasteiger partial charge on any atom is -0.383 e. The third-order valence-electron chi connectivity index (χ3n) is 3.39. The number of hydrogen-bond acceptors (Lipinski definition) is 6. The lowest BCUT2D eigenvalue weighted by atomic mass is 10.1. The molecule has 3 N–H and O–H groups in total. The molecule has 0 bridgehead atoms. The fourth-order valence-corrected chi connectivity index (χ4v) is 2.68. The van der Waals surface area contributed by atoms with Gasteiger partial charge < -0.3 is 10.5 Å². The van der Waals surface area contributed by atoms with Gasteiger partial charge in [0.05, 0.1) is 12.8 Å². The van der Waals surface area contributed by atoms with Crippen LogP contribution in [0, 0.1) is 5.82 Å². The molecule has 5 nitrogen and oxygen atoms in total. The number of nitrogens with one attached hydrogen (secondary N) is 1. The van der Waals surface area contributed by atoms with E-state index in [4.69, 9.17) is 10.5 Å². The summed E-state index contributed by atoms with van der Waals surface area (Å²) >= 11 is 1.37. The maximum atomic E-state index is 13.5. The fraction of sp³-hybridized carbons (Fsp3) is 0.412. The number of thiazole rings is 1. The highest BCUT2D eigenvalue weighted by Crippen LogP contribution is 2.16. The van der Waals surface area contributed by atoms with Gasteiger partial charge in [-0.25, -0.2) is 9.37 Å². The first kappa shape index (κ1) is 18.4. The van der Waals surface area contributed by atoms with Crippen LogP contribution in [0.25, 0.3) is 0 Å². The molecular formula is C17H23FN4OS. The minimum atomic E-state index is -0.280. The average molecular weight is 350 g/mol. The quantitative estimate of drug-likeness (QED) is 0.378. The van der Waals surface area contributed by atoms with E-state index in [0.29, 0.717) is 24.2 Å². The molecule has 24 heavy (non-hydrogen) atoms. The zero-order valence-corrected chi connectivity index (χ0v) is 14.6. The molecule has 0 amide bonds. The van der Waals surface area contributed by atoms with E-state index >= 15 is 0 Å². The summed E-state index contributed by atoms with van der Waals surface area (Å²) in [6.45, 7) is 3.23. The average Bonchev–Trinajstić information content (AvgIpc) is 2.98. The van der Waals surface area contributed by atoms with Crippen molar-refractivity contribution in [2.45, 2.75) is 39.2 Å². The molecule has 0 fully saturated rings. The molecule has 130 valence electrons. The van der Waals surface area contributed by atoms with E-state index in [1.165, 1.54) is 36.3 Å². The molecule has 0 aliphatic rings. The zero-order valence-electron chi connectivity index (χ0n) is 13.8. The molecule has 0 saturated heterocycles. The van der Waals surface area contributed by atoms with Crippen molar-refractivity contribution in [2.75, 3.05) is 17.8 Å². The van der Waals surface area contributed by atoms with E-state index in [1.54, 1.807) is 17.7 Å². The number of benzene rings is 1. The summed E-state index contributed by atoms with van der Waals surface area (Å²) < 4.78 is 19.1. The van der Waals surface area contributed by atoms with Gasteiger partial charge in [-0.3, -0.25) is 5.43 Å². The molecule has 1 heterocycles. The lowest BCUT2D eigenvalue weighted by molar-refractivity contribution is 0.116. The Morgan fingerprint density at radius 1 is 1.38 bits per heavy atom. The molecular weight excluding hydrogens is 327 g/mol. The summed E-state index contributed by atoms with van der Waals surface area (Å²) in [6.07, 6.45) is 6.23. The van der Waals surface area contributed by atoms with Gasteiger partial charge in [0, 0.05) is 17.6 Å². The van der Waals surface area contributed by atoms with Gasteiger partial charge in [0.2, 0.25) is 5.13 Å². The molecule has 0 saturated carbocycles. The highest BCUT2D eigenvalue weighted by atomic mass is 32.1. The highest BCUT2D eigenvalue weighted by molar-refractivity contribution is 7.14. The van der Waals surface area contributed by atoms with Crippen LogP contribution in [0.4, 0.5) is 15.3 Å². The lowest BCUT2D eigenvalue weighted by Gasteiger charge is -2.07. The van der Waals surface area contributed by atoms with E-state index in [9.17, 15) is 4.39 Å². The molecule has 1 aromatic carbocycles. The summed E-state index contributed by atoms with van der Waals surface area (Å²) in [6, 6.07) is 4.58. The van der Waals surface area contributed by atoms with E-state index in [1.807, 2.05) is 0 Å². The Balaban J connectivity index is 1.89. The van der Waals surface area contributed by atoms with Gasteiger partial charge in [-0.05, 0) is 24.1 Å². The SMILES string of the molecule is CCCCCCOCc1cc(F)ccc1C=NNc1nc(N)cs1. The number of nitrogens with two attached hydrogens (primary N) is 1. The highest BCUT2D eigenvalue weighted by Gasteiger charge is 2.03. The van der Waals surface area contributed by atoms with E-state index < -0.39 is 0 Å². The standard InChI is InChI=1S/C17H23FN4OS/c1-2-3-4-5-8-23-11-14-9-15(18)7-6-13(14)10-20-22-17-21-16(19)12-24-17/h6-7,9-10,12H,2-5,8,11,19H2,1H3,(H,21,22). The van der Waals surface area contributed by atoms with Crippen molar-refractivity contribution in [3.8, 4) is 0 Å². The maximum absolute atomic E-state index is 13.5. The molecule has 7 heteroatoms. The van der Waals surface area contributed by atoms with Crippen LogP contribution in [0.15, 0.2) is 28.7 Å². The second kappa shape index (κ2) is 10.00. The van der Waals surface area contributed by atoms with E-state index in [0.717, 1.165) is 24.0 Å². The molecule has 0 radical (unpaired) electrons. The first-order chi connectivity index (χ1) is 11.7. The predicted octanol–water partition coefficient (Wildman–Crippen LogP) is 4.41. The Labute approximate surface area is 145 Å². The summed E-state index contributed by atoms with van der Waals surface area (Å²) in [5.41, 5.74) is 9.94. The Kier molecular flexibility index (Phi) is 7.64. The zero-order chi connectivity index (χ0) is 17.2. The number of anilines is 2. The van der Waals surface area contributed by atoms with Crippen molar-refractivity contribution >= 4 is 28.5 Å². The van der Waals surface area contributed by atoms with E-state index in [2.05, 4.69) is 22.4 Å². The van der Waals surface area contributed by atoms with Gasteiger partial charge in [0.25, 0.3) is 0 Å². The van der Waals surface area contributed by atoms with E-state index in [-0.39, 0.29) is 5.82 Å².